The standard InChI is InChI=1S/C18H31O2PS2/c1-5-6-14(2)11-15(3)12-16(4)13-17-7-9-18(10-8-17)23-21(19,20)22/h7-10,14-16H,5-6,11-13H2,1-4H3,(H2,19,20,22). The molecule has 23 heavy (non-hydrogen) atoms. The first-order valence-electron chi connectivity index (χ1n) is 8.53. The molecule has 1 aromatic carbocycles. The second kappa shape index (κ2) is 10.2. The van der Waals surface area contributed by atoms with Gasteiger partial charge in [0, 0.05) is 4.90 Å². The van der Waals surface area contributed by atoms with Gasteiger partial charge in [-0.15, -0.1) is 0 Å². The molecule has 0 amide bonds. The Morgan fingerprint density at radius 1 is 1.00 bits per heavy atom. The monoisotopic (exact) mass is 374 g/mol. The van der Waals surface area contributed by atoms with E-state index in [-0.39, 0.29) is 0 Å². The molecule has 0 radical (unpaired) electrons. The van der Waals surface area contributed by atoms with Gasteiger partial charge < -0.3 is 9.79 Å². The molecule has 3 atom stereocenters. The highest BCUT2D eigenvalue weighted by atomic mass is 32.9. The number of benzene rings is 1. The lowest BCUT2D eigenvalue weighted by Crippen LogP contribution is -2.09. The molecule has 0 aliphatic carbocycles. The van der Waals surface area contributed by atoms with Crippen LogP contribution in [-0.2, 0) is 18.2 Å². The molecule has 1 rings (SSSR count). The van der Waals surface area contributed by atoms with Crippen molar-refractivity contribution in [2.24, 2.45) is 17.8 Å². The summed E-state index contributed by atoms with van der Waals surface area (Å²) >= 11 is 5.64. The van der Waals surface area contributed by atoms with Gasteiger partial charge in [-0.25, -0.2) is 0 Å². The summed E-state index contributed by atoms with van der Waals surface area (Å²) in [6, 6.07) is 8.03. The van der Waals surface area contributed by atoms with E-state index in [1.165, 1.54) is 31.2 Å². The molecule has 1 aromatic rings. The first-order valence-corrected chi connectivity index (χ1v) is 12.7. The van der Waals surface area contributed by atoms with E-state index in [2.05, 4.69) is 51.6 Å². The molecule has 0 aliphatic heterocycles. The second-order valence-electron chi connectivity index (χ2n) is 7.01. The SMILES string of the molecule is CCCC(C)CC(C)CC(C)Cc1ccc(SP(O)(O)=S)cc1. The molecule has 5 heteroatoms. The largest absolute Gasteiger partial charge is 0.337 e. The Morgan fingerprint density at radius 3 is 2.09 bits per heavy atom. The Kier molecular flexibility index (Phi) is 9.40. The van der Waals surface area contributed by atoms with Crippen LogP contribution in [0.5, 0.6) is 0 Å². The fourth-order valence-corrected chi connectivity index (χ4v) is 5.89. The summed E-state index contributed by atoms with van der Waals surface area (Å²) in [5, 5.41) is 0. The van der Waals surface area contributed by atoms with E-state index in [1.807, 2.05) is 12.1 Å². The maximum Gasteiger partial charge on any atom is 0.246 e. The van der Waals surface area contributed by atoms with Crippen molar-refractivity contribution in [3.05, 3.63) is 29.8 Å². The third kappa shape index (κ3) is 9.89. The minimum Gasteiger partial charge on any atom is -0.337 e. The molecule has 0 saturated carbocycles. The highest BCUT2D eigenvalue weighted by Crippen LogP contribution is 2.54. The van der Waals surface area contributed by atoms with Gasteiger partial charge in [0.2, 0.25) is 5.69 Å². The van der Waals surface area contributed by atoms with Crippen LogP contribution in [0.2, 0.25) is 0 Å². The normalized spacial score (nSPS) is 16.1. The number of hydrogen-bond acceptors (Lipinski definition) is 2. The van der Waals surface area contributed by atoms with E-state index in [0.717, 1.165) is 34.5 Å². The molecule has 132 valence electrons. The van der Waals surface area contributed by atoms with Crippen LogP contribution in [0.4, 0.5) is 0 Å². The van der Waals surface area contributed by atoms with Crippen LogP contribution < -0.4 is 0 Å². The zero-order valence-electron chi connectivity index (χ0n) is 14.7. The van der Waals surface area contributed by atoms with Gasteiger partial charge in [0.15, 0.2) is 0 Å². The van der Waals surface area contributed by atoms with Crippen LogP contribution in [0, 0.1) is 17.8 Å². The maximum absolute atomic E-state index is 9.34. The molecule has 3 unspecified atom stereocenters. The smallest absolute Gasteiger partial charge is 0.246 e. The van der Waals surface area contributed by atoms with Gasteiger partial charge >= 0.3 is 0 Å². The molecule has 2 nitrogen and oxygen atoms in total. The van der Waals surface area contributed by atoms with E-state index < -0.39 is 5.69 Å². The van der Waals surface area contributed by atoms with Crippen LogP contribution in [0.3, 0.4) is 0 Å². The summed E-state index contributed by atoms with van der Waals surface area (Å²) in [5.74, 6) is 2.27. The number of rotatable bonds is 10. The van der Waals surface area contributed by atoms with Crippen LogP contribution in [-0.4, -0.2) is 9.79 Å². The molecular weight excluding hydrogens is 343 g/mol. The molecule has 0 fully saturated rings. The average molecular weight is 375 g/mol. The Labute approximate surface area is 151 Å². The van der Waals surface area contributed by atoms with E-state index >= 15 is 0 Å². The van der Waals surface area contributed by atoms with Gasteiger partial charge in [-0.1, -0.05) is 52.7 Å². The summed E-state index contributed by atoms with van der Waals surface area (Å²) in [5.41, 5.74) is -1.91. The maximum atomic E-state index is 9.34. The predicted molar refractivity (Wildman–Crippen MR) is 106 cm³/mol. The topological polar surface area (TPSA) is 40.5 Å². The van der Waals surface area contributed by atoms with Crippen molar-refractivity contribution in [2.45, 2.75) is 64.7 Å². The van der Waals surface area contributed by atoms with Gasteiger partial charge in [-0.3, -0.25) is 0 Å². The van der Waals surface area contributed by atoms with Crippen molar-refractivity contribution in [1.29, 1.82) is 0 Å². The van der Waals surface area contributed by atoms with Gasteiger partial charge in [0.05, 0.1) is 0 Å². The summed E-state index contributed by atoms with van der Waals surface area (Å²) in [4.78, 5) is 19.5. The number of hydrogen-bond donors (Lipinski definition) is 2. The van der Waals surface area contributed by atoms with Crippen molar-refractivity contribution in [3.8, 4) is 0 Å². The molecule has 0 spiro atoms. The van der Waals surface area contributed by atoms with Gasteiger partial charge in [-0.2, -0.15) is 0 Å². The third-order valence-electron chi connectivity index (χ3n) is 4.12. The van der Waals surface area contributed by atoms with Crippen LogP contribution >= 0.6 is 17.1 Å². The first-order chi connectivity index (χ1) is 10.7. The lowest BCUT2D eigenvalue weighted by Gasteiger charge is -2.20. The molecule has 0 aliphatic rings. The van der Waals surface area contributed by atoms with Crippen LogP contribution in [0.1, 0.15) is 58.9 Å². The zero-order chi connectivity index (χ0) is 17.5. The third-order valence-corrected chi connectivity index (χ3v) is 6.86. The minimum absolute atomic E-state index is 0.665. The Morgan fingerprint density at radius 2 is 1.57 bits per heavy atom. The fraction of sp³-hybridized carbons (Fsp3) is 0.667. The molecule has 0 heterocycles. The van der Waals surface area contributed by atoms with Crippen molar-refractivity contribution in [1.82, 2.24) is 0 Å². The van der Waals surface area contributed by atoms with E-state index in [0.29, 0.717) is 5.92 Å². The van der Waals surface area contributed by atoms with Crippen molar-refractivity contribution in [2.75, 3.05) is 0 Å². The predicted octanol–water partition coefficient (Wildman–Crippen LogP) is 6.02. The zero-order valence-corrected chi connectivity index (χ0v) is 17.3. The minimum atomic E-state index is -3.22. The highest BCUT2D eigenvalue weighted by molar-refractivity contribution is 8.67. The Bertz CT molecular complexity index is 498. The van der Waals surface area contributed by atoms with E-state index in [1.54, 1.807) is 0 Å². The van der Waals surface area contributed by atoms with Crippen molar-refractivity contribution < 1.29 is 9.79 Å². The van der Waals surface area contributed by atoms with Gasteiger partial charge in [-0.05, 0) is 77.9 Å². The molecule has 0 bridgehead atoms. The first kappa shape index (κ1) is 21.2. The Balaban J connectivity index is 2.44. The van der Waals surface area contributed by atoms with Crippen LogP contribution in [0.25, 0.3) is 0 Å². The van der Waals surface area contributed by atoms with Crippen molar-refractivity contribution in [3.63, 3.8) is 0 Å². The molecule has 0 saturated heterocycles. The molecule has 0 aromatic heterocycles. The lowest BCUT2D eigenvalue weighted by molar-refractivity contribution is 0.331. The van der Waals surface area contributed by atoms with Crippen LogP contribution in [0.15, 0.2) is 29.2 Å². The summed E-state index contributed by atoms with van der Waals surface area (Å²) in [6.45, 7) is 9.32. The second-order valence-corrected chi connectivity index (χ2v) is 12.9. The molecular formula is C18H31O2PS2. The summed E-state index contributed by atoms with van der Waals surface area (Å²) < 4.78 is 0. The van der Waals surface area contributed by atoms with E-state index in [9.17, 15) is 9.79 Å². The lowest BCUT2D eigenvalue weighted by atomic mass is 9.86. The average Bonchev–Trinajstić information content (AvgIpc) is 2.39. The summed E-state index contributed by atoms with van der Waals surface area (Å²) in [6.07, 6.45) is 6.28. The fourth-order valence-electron chi connectivity index (χ4n) is 3.39. The van der Waals surface area contributed by atoms with E-state index in [4.69, 9.17) is 0 Å². The highest BCUT2D eigenvalue weighted by Gasteiger charge is 2.13. The van der Waals surface area contributed by atoms with Gasteiger partial charge in [0.1, 0.15) is 0 Å². The Hall–Kier alpha value is 0.140. The van der Waals surface area contributed by atoms with Gasteiger partial charge in [0.25, 0.3) is 0 Å². The molecule has 2 N–H and O–H groups in total. The summed E-state index contributed by atoms with van der Waals surface area (Å²) in [7, 11) is 0. The van der Waals surface area contributed by atoms with Crippen molar-refractivity contribution >= 4 is 28.9 Å². The quantitative estimate of drug-likeness (QED) is 0.491.